The number of carbonyl (C=O) groups is 1. The summed E-state index contributed by atoms with van der Waals surface area (Å²) in [4.78, 5) is 16.0. The molecule has 1 aliphatic heterocycles. The Hall–Kier alpha value is -1.81. The molecule has 0 saturated carbocycles. The molecular formula is C18H22Cl2N4O4S. The van der Waals surface area contributed by atoms with Crippen LogP contribution in [0.1, 0.15) is 11.9 Å². The van der Waals surface area contributed by atoms with Crippen molar-refractivity contribution in [2.45, 2.75) is 18.1 Å². The number of anilines is 1. The molecule has 1 unspecified atom stereocenters. The van der Waals surface area contributed by atoms with E-state index in [1.807, 2.05) is 17.0 Å². The van der Waals surface area contributed by atoms with Gasteiger partial charge in [-0.05, 0) is 19.1 Å². The van der Waals surface area contributed by atoms with E-state index < -0.39 is 16.0 Å². The molecule has 1 aromatic heterocycles. The number of aldehydes is 1. The number of hydrogen-bond donors (Lipinski definition) is 0. The molecule has 0 N–H and O–H groups in total. The van der Waals surface area contributed by atoms with Gasteiger partial charge < -0.3 is 9.64 Å². The Morgan fingerprint density at radius 3 is 2.38 bits per heavy atom. The highest BCUT2D eigenvalue weighted by Gasteiger charge is 2.30. The number of aromatic nitrogens is 2. The summed E-state index contributed by atoms with van der Waals surface area (Å²) in [6.45, 7) is 4.15. The van der Waals surface area contributed by atoms with Crippen LogP contribution in [-0.2, 0) is 14.6 Å². The minimum absolute atomic E-state index is 0.0474. The van der Waals surface area contributed by atoms with Crippen molar-refractivity contribution in [1.29, 1.82) is 0 Å². The molecule has 0 spiro atoms. The van der Waals surface area contributed by atoms with Gasteiger partial charge in [-0.3, -0.25) is 9.69 Å². The molecule has 11 heteroatoms. The molecule has 0 aliphatic carbocycles. The highest BCUT2D eigenvalue weighted by molar-refractivity contribution is 7.90. The van der Waals surface area contributed by atoms with Crippen molar-refractivity contribution in [1.82, 2.24) is 14.7 Å². The first-order chi connectivity index (χ1) is 13.7. The van der Waals surface area contributed by atoms with Gasteiger partial charge in [-0.15, -0.1) is 0 Å². The van der Waals surface area contributed by atoms with E-state index >= 15 is 0 Å². The van der Waals surface area contributed by atoms with E-state index in [0.717, 1.165) is 18.2 Å². The molecule has 3 rings (SSSR count). The summed E-state index contributed by atoms with van der Waals surface area (Å²) in [6.07, 6.45) is 1.06. The predicted molar refractivity (Wildman–Crippen MR) is 112 cm³/mol. The number of benzene rings is 1. The molecule has 158 valence electrons. The molecule has 1 fully saturated rings. The van der Waals surface area contributed by atoms with Crippen LogP contribution in [0.25, 0.3) is 0 Å². The second-order valence-corrected chi connectivity index (χ2v) is 9.53. The van der Waals surface area contributed by atoms with Gasteiger partial charge in [-0.1, -0.05) is 23.2 Å². The lowest BCUT2D eigenvalue weighted by atomic mass is 10.2. The van der Waals surface area contributed by atoms with Crippen LogP contribution < -0.4 is 9.64 Å². The summed E-state index contributed by atoms with van der Waals surface area (Å²) >= 11 is 12.2. The average Bonchev–Trinajstić information content (AvgIpc) is 2.99. The Labute approximate surface area is 179 Å². The topological polar surface area (TPSA) is 84.7 Å². The monoisotopic (exact) mass is 460 g/mol. The number of methoxy groups -OCH3 is 1. The molecule has 0 radical (unpaired) electrons. The summed E-state index contributed by atoms with van der Waals surface area (Å²) in [5.41, 5.74) is 1.42. The number of piperazine rings is 1. The molecule has 1 aromatic carbocycles. The van der Waals surface area contributed by atoms with Crippen LogP contribution >= 0.6 is 23.2 Å². The minimum atomic E-state index is -3.59. The van der Waals surface area contributed by atoms with E-state index in [1.54, 1.807) is 20.1 Å². The molecular weight excluding hydrogens is 439 g/mol. The van der Waals surface area contributed by atoms with Gasteiger partial charge in [0.05, 0.1) is 17.8 Å². The Morgan fingerprint density at radius 1 is 1.21 bits per heavy atom. The number of carbonyl (C=O) groups excluding carboxylic acids is 1. The zero-order valence-electron chi connectivity index (χ0n) is 16.3. The molecule has 1 atom stereocenters. The number of rotatable bonds is 6. The molecule has 0 bridgehead atoms. The van der Waals surface area contributed by atoms with Crippen molar-refractivity contribution in [3.63, 3.8) is 0 Å². The average molecular weight is 461 g/mol. The minimum Gasteiger partial charge on any atom is -0.495 e. The van der Waals surface area contributed by atoms with E-state index in [-0.39, 0.29) is 10.0 Å². The van der Waals surface area contributed by atoms with Crippen molar-refractivity contribution < 1.29 is 17.9 Å². The Bertz CT molecular complexity index is 1020. The number of sulfone groups is 1. The van der Waals surface area contributed by atoms with E-state index in [2.05, 4.69) is 10.00 Å². The van der Waals surface area contributed by atoms with Crippen LogP contribution in [-0.4, -0.2) is 68.9 Å². The first-order valence-corrected chi connectivity index (χ1v) is 11.5. The fourth-order valence-electron chi connectivity index (χ4n) is 3.35. The second kappa shape index (κ2) is 8.51. The molecule has 2 heterocycles. The van der Waals surface area contributed by atoms with Crippen LogP contribution in [0.15, 0.2) is 23.2 Å². The molecule has 29 heavy (non-hydrogen) atoms. The first kappa shape index (κ1) is 21.9. The standard InChI is InChI=1S/C18H22Cl2N4O4S/c1-12-17(20)18(29(3,26)27)21-24(12)16(11-25)23-8-6-22(7-9-23)13-4-5-14(19)15(10-13)28-2/h4-5,10-11,16H,6-9H2,1-3H3. The third-order valence-electron chi connectivity index (χ3n) is 4.96. The third-order valence-corrected chi connectivity index (χ3v) is 6.82. The molecule has 0 amide bonds. The summed E-state index contributed by atoms with van der Waals surface area (Å²) in [5.74, 6) is 0.604. The first-order valence-electron chi connectivity index (χ1n) is 8.90. The zero-order valence-corrected chi connectivity index (χ0v) is 18.6. The van der Waals surface area contributed by atoms with Gasteiger partial charge in [-0.2, -0.15) is 5.10 Å². The summed E-state index contributed by atoms with van der Waals surface area (Å²) < 4.78 is 30.4. The maximum atomic E-state index is 11.9. The van der Waals surface area contributed by atoms with Crippen LogP contribution in [0.5, 0.6) is 5.75 Å². The normalized spacial score (nSPS) is 16.7. The maximum Gasteiger partial charge on any atom is 0.196 e. The predicted octanol–water partition coefficient (Wildman–Crippen LogP) is 2.43. The van der Waals surface area contributed by atoms with Gasteiger partial charge in [-0.25, -0.2) is 13.1 Å². The quantitative estimate of drug-likeness (QED) is 0.611. The van der Waals surface area contributed by atoms with Crippen molar-refractivity contribution >= 4 is 45.0 Å². The second-order valence-electron chi connectivity index (χ2n) is 6.81. The Morgan fingerprint density at radius 2 is 1.86 bits per heavy atom. The van der Waals surface area contributed by atoms with Crippen LogP contribution in [0.4, 0.5) is 5.69 Å². The number of nitrogens with zero attached hydrogens (tertiary/aromatic N) is 4. The lowest BCUT2D eigenvalue weighted by molar-refractivity contribution is -0.116. The van der Waals surface area contributed by atoms with Crippen LogP contribution in [0.3, 0.4) is 0 Å². The summed E-state index contributed by atoms with van der Waals surface area (Å²) in [6, 6.07) is 5.59. The highest BCUT2D eigenvalue weighted by atomic mass is 35.5. The lowest BCUT2D eigenvalue weighted by Crippen LogP contribution is -2.49. The fourth-order valence-corrected chi connectivity index (χ4v) is 4.80. The van der Waals surface area contributed by atoms with Gasteiger partial charge in [0.2, 0.25) is 0 Å². The smallest absolute Gasteiger partial charge is 0.196 e. The molecule has 8 nitrogen and oxygen atoms in total. The van der Waals surface area contributed by atoms with Crippen LogP contribution in [0, 0.1) is 6.92 Å². The van der Waals surface area contributed by atoms with E-state index in [0.29, 0.717) is 42.6 Å². The van der Waals surface area contributed by atoms with Gasteiger partial charge >= 0.3 is 0 Å². The Kier molecular flexibility index (Phi) is 6.42. The van der Waals surface area contributed by atoms with Crippen molar-refractivity contribution in [2.75, 3.05) is 44.4 Å². The van der Waals surface area contributed by atoms with Gasteiger partial charge in [0.1, 0.15) is 10.8 Å². The van der Waals surface area contributed by atoms with Crippen LogP contribution in [0.2, 0.25) is 10.0 Å². The van der Waals surface area contributed by atoms with E-state index in [9.17, 15) is 13.2 Å². The highest BCUT2D eigenvalue weighted by Crippen LogP contribution is 2.31. The van der Waals surface area contributed by atoms with Gasteiger partial charge in [0.25, 0.3) is 0 Å². The number of hydrogen-bond acceptors (Lipinski definition) is 7. The SMILES string of the molecule is COc1cc(N2CCN(C(C=O)n3nc(S(C)(=O)=O)c(Cl)c3C)CC2)ccc1Cl. The van der Waals surface area contributed by atoms with Crippen molar-refractivity contribution in [2.24, 2.45) is 0 Å². The fraction of sp³-hybridized carbons (Fsp3) is 0.444. The molecule has 2 aromatic rings. The summed E-state index contributed by atoms with van der Waals surface area (Å²) in [7, 11) is -2.02. The zero-order chi connectivity index (χ0) is 21.3. The van der Waals surface area contributed by atoms with Gasteiger partial charge in [0, 0.05) is 44.2 Å². The van der Waals surface area contributed by atoms with E-state index in [4.69, 9.17) is 27.9 Å². The van der Waals surface area contributed by atoms with Crippen molar-refractivity contribution in [3.8, 4) is 5.75 Å². The number of ether oxygens (including phenoxy) is 1. The Balaban J connectivity index is 1.78. The largest absolute Gasteiger partial charge is 0.495 e. The number of halogens is 2. The van der Waals surface area contributed by atoms with E-state index in [1.165, 1.54) is 4.68 Å². The lowest BCUT2D eigenvalue weighted by Gasteiger charge is -2.38. The molecule has 1 aliphatic rings. The third kappa shape index (κ3) is 4.37. The molecule has 1 saturated heterocycles. The van der Waals surface area contributed by atoms with Crippen molar-refractivity contribution in [3.05, 3.63) is 33.9 Å². The maximum absolute atomic E-state index is 11.9. The summed E-state index contributed by atoms with van der Waals surface area (Å²) in [5, 5.41) is 4.50. The van der Waals surface area contributed by atoms with Gasteiger partial charge in [0.15, 0.2) is 27.3 Å².